The van der Waals surface area contributed by atoms with Crippen molar-refractivity contribution < 1.29 is 72.4 Å². The van der Waals surface area contributed by atoms with Crippen molar-refractivity contribution in [2.45, 2.75) is 50.6 Å². The molecule has 0 aliphatic heterocycles. The van der Waals surface area contributed by atoms with Crippen molar-refractivity contribution in [3.8, 4) is 11.5 Å². The molecule has 2 N–H and O–H groups in total. The van der Waals surface area contributed by atoms with Gasteiger partial charge in [-0.3, -0.25) is 0 Å². The van der Waals surface area contributed by atoms with E-state index in [0.29, 0.717) is 4.90 Å². The van der Waals surface area contributed by atoms with Crippen molar-refractivity contribution in [2.24, 2.45) is 0 Å². The minimum absolute atomic E-state index is 0.186. The number of hydrogen-bond acceptors (Lipinski definition) is 4. The summed E-state index contributed by atoms with van der Waals surface area (Å²) in [4.78, 5) is 0.831. The van der Waals surface area contributed by atoms with Crippen LogP contribution >= 0.6 is 0 Å². The molecule has 0 unspecified atom stereocenters. The molecule has 0 saturated carbocycles. The molecule has 4 nitrogen and oxygen atoms in total. The van der Waals surface area contributed by atoms with Gasteiger partial charge in [0.05, 0.1) is 10.9 Å². The molecule has 0 aromatic heterocycles. The zero-order chi connectivity index (χ0) is 32.5. The van der Waals surface area contributed by atoms with Crippen LogP contribution in [0.2, 0.25) is 0 Å². The molecule has 0 heterocycles. The Morgan fingerprint density at radius 3 is 1.12 bits per heavy atom. The number of rotatable bonds is 9. The first-order chi connectivity index (χ1) is 19.6. The summed E-state index contributed by atoms with van der Waals surface area (Å²) in [6, 6.07) is 17.2. The van der Waals surface area contributed by atoms with E-state index in [1.807, 2.05) is 0 Å². The molecule has 0 aliphatic carbocycles. The van der Waals surface area contributed by atoms with Gasteiger partial charge in [-0.15, -0.1) is 0 Å². The van der Waals surface area contributed by atoms with E-state index in [2.05, 4.69) is 0 Å². The topological polar surface area (TPSA) is 58.9 Å². The van der Waals surface area contributed by atoms with E-state index in [4.69, 9.17) is 9.47 Å². The molecule has 3 rings (SSSR count). The van der Waals surface area contributed by atoms with E-state index in [1.165, 1.54) is 24.3 Å². The minimum atomic E-state index is -6.14. The lowest BCUT2D eigenvalue weighted by Crippen LogP contribution is -2.60. The van der Waals surface area contributed by atoms with E-state index in [-0.39, 0.29) is 9.79 Å². The minimum Gasteiger partial charge on any atom is -0.490 e. The molecule has 3 aromatic carbocycles. The van der Waals surface area contributed by atoms with E-state index in [1.54, 1.807) is 30.3 Å². The second-order valence-electron chi connectivity index (χ2n) is 8.86. The Morgan fingerprint density at radius 2 is 0.791 bits per heavy atom. The zero-order valence-corrected chi connectivity index (χ0v) is 21.9. The Kier molecular flexibility index (Phi) is 9.54. The van der Waals surface area contributed by atoms with Crippen molar-refractivity contribution in [2.75, 3.05) is 13.2 Å². The Morgan fingerprint density at radius 1 is 0.465 bits per heavy atom. The zero-order valence-electron chi connectivity index (χ0n) is 21.1. The number of benzene rings is 3. The Bertz CT molecular complexity index is 1260. The van der Waals surface area contributed by atoms with Gasteiger partial charge in [0.15, 0.2) is 14.7 Å². The SMILES string of the molecule is OC(COc1cccc([S+](c2ccccc2)c2cccc(OCC(O)(C(F)(F)F)C(F)(F)F)c2)c1)(C(F)(F)F)C(F)(F)F. The number of ether oxygens (including phenoxy) is 2. The lowest BCUT2D eigenvalue weighted by molar-refractivity contribution is -0.374. The fourth-order valence-corrected chi connectivity index (χ4v) is 5.51. The van der Waals surface area contributed by atoms with Crippen molar-refractivity contribution in [3.05, 3.63) is 78.9 Å². The summed E-state index contributed by atoms with van der Waals surface area (Å²) in [6.07, 6.45) is -24.5. The molecule has 0 radical (unpaired) electrons. The maximum absolute atomic E-state index is 13.1. The lowest BCUT2D eigenvalue weighted by Gasteiger charge is -2.31. The highest BCUT2D eigenvalue weighted by Crippen LogP contribution is 2.45. The summed E-state index contributed by atoms with van der Waals surface area (Å²) in [6.45, 7) is -4.49. The average molecular weight is 655 g/mol. The van der Waals surface area contributed by atoms with Crippen molar-refractivity contribution in [1.82, 2.24) is 0 Å². The van der Waals surface area contributed by atoms with Gasteiger partial charge in [-0.25, -0.2) is 0 Å². The normalized spacial score (nSPS) is 13.7. The molecule has 43 heavy (non-hydrogen) atoms. The van der Waals surface area contributed by atoms with E-state index in [0.717, 1.165) is 24.3 Å². The molecule has 236 valence electrons. The summed E-state index contributed by atoms with van der Waals surface area (Å²) in [5, 5.41) is 18.7. The summed E-state index contributed by atoms with van der Waals surface area (Å²) in [5.41, 5.74) is -10.4. The molecule has 0 bridgehead atoms. The summed E-state index contributed by atoms with van der Waals surface area (Å²) < 4.78 is 166. The van der Waals surface area contributed by atoms with Crippen molar-refractivity contribution >= 4 is 10.9 Å². The van der Waals surface area contributed by atoms with Crippen LogP contribution in [0.25, 0.3) is 0 Å². The first kappa shape index (κ1) is 34.2. The molecule has 0 fully saturated rings. The Hall–Kier alpha value is -3.31. The second kappa shape index (κ2) is 12.0. The number of aliphatic hydroxyl groups is 2. The van der Waals surface area contributed by atoms with Gasteiger partial charge in [-0.2, -0.15) is 52.7 Å². The molecular weight excluding hydrogens is 636 g/mol. The van der Waals surface area contributed by atoms with Crippen LogP contribution in [0.5, 0.6) is 11.5 Å². The van der Waals surface area contributed by atoms with Gasteiger partial charge < -0.3 is 19.7 Å². The van der Waals surface area contributed by atoms with E-state index >= 15 is 0 Å². The monoisotopic (exact) mass is 655 g/mol. The Balaban J connectivity index is 1.98. The highest BCUT2D eigenvalue weighted by atomic mass is 32.2. The van der Waals surface area contributed by atoms with Crippen molar-refractivity contribution in [3.63, 3.8) is 0 Å². The standard InChI is InChI=1S/C26H19F12O4S/c27-23(28,29)21(39,24(30,31)32)14-41-16-6-4-10-19(12-16)43(18-8-2-1-3-9-18)20-11-5-7-17(13-20)42-15-22(40,25(33,34)35)26(36,37)38/h1-13,39-40H,14-15H2/q+1. The van der Waals surface area contributed by atoms with Gasteiger partial charge in [0.2, 0.25) is 0 Å². The summed E-state index contributed by atoms with van der Waals surface area (Å²) in [7, 11) is -1.33. The van der Waals surface area contributed by atoms with Gasteiger partial charge in [-0.05, 0) is 36.4 Å². The molecule has 0 amide bonds. The predicted molar refractivity (Wildman–Crippen MR) is 127 cm³/mol. The molecule has 3 aromatic rings. The quantitative estimate of drug-likeness (QED) is 0.189. The first-order valence-corrected chi connectivity index (χ1v) is 12.8. The fourth-order valence-electron chi connectivity index (χ4n) is 3.37. The third kappa shape index (κ3) is 7.26. The third-order valence-corrected chi connectivity index (χ3v) is 8.03. The van der Waals surface area contributed by atoms with Gasteiger partial charge in [0.1, 0.15) is 24.7 Å². The number of halogens is 12. The molecule has 0 aliphatic rings. The molecule has 0 spiro atoms. The molecule has 0 saturated heterocycles. The van der Waals surface area contributed by atoms with E-state index in [9.17, 15) is 62.9 Å². The number of hydrogen-bond donors (Lipinski definition) is 2. The van der Waals surface area contributed by atoms with Gasteiger partial charge in [0.25, 0.3) is 11.2 Å². The Labute approximate surface area is 237 Å². The van der Waals surface area contributed by atoms with Crippen LogP contribution in [-0.4, -0.2) is 59.3 Å². The first-order valence-electron chi connectivity index (χ1n) is 11.6. The smallest absolute Gasteiger partial charge is 0.429 e. The number of alkyl halides is 12. The van der Waals surface area contributed by atoms with Gasteiger partial charge in [-0.1, -0.05) is 30.3 Å². The van der Waals surface area contributed by atoms with Crippen LogP contribution < -0.4 is 9.47 Å². The van der Waals surface area contributed by atoms with Crippen molar-refractivity contribution in [1.29, 1.82) is 0 Å². The van der Waals surface area contributed by atoms with Crippen LogP contribution in [0.15, 0.2) is 93.5 Å². The maximum Gasteiger partial charge on any atom is 0.429 e. The highest BCUT2D eigenvalue weighted by Gasteiger charge is 2.72. The predicted octanol–water partition coefficient (Wildman–Crippen LogP) is 7.25. The molecular formula is C26H19F12O4S+. The highest BCUT2D eigenvalue weighted by molar-refractivity contribution is 7.97. The second-order valence-corrected chi connectivity index (χ2v) is 10.9. The van der Waals surface area contributed by atoms with Gasteiger partial charge >= 0.3 is 24.7 Å². The summed E-state index contributed by atoms with van der Waals surface area (Å²) in [5.74, 6) is -1.05. The van der Waals surface area contributed by atoms with Crippen LogP contribution in [0, 0.1) is 0 Å². The lowest BCUT2D eigenvalue weighted by atomic mass is 10.0. The molecule has 0 atom stereocenters. The largest absolute Gasteiger partial charge is 0.490 e. The summed E-state index contributed by atoms with van der Waals surface area (Å²) >= 11 is 0. The maximum atomic E-state index is 13.1. The molecule has 17 heteroatoms. The van der Waals surface area contributed by atoms with Crippen LogP contribution in [0.3, 0.4) is 0 Å². The van der Waals surface area contributed by atoms with Crippen LogP contribution in [0.4, 0.5) is 52.7 Å². The average Bonchev–Trinajstić information content (AvgIpc) is 2.89. The third-order valence-electron chi connectivity index (χ3n) is 5.83. The fraction of sp³-hybridized carbons (Fsp3) is 0.308. The van der Waals surface area contributed by atoms with Crippen LogP contribution in [0.1, 0.15) is 0 Å². The van der Waals surface area contributed by atoms with E-state index < -0.39 is 71.5 Å². The van der Waals surface area contributed by atoms with Gasteiger partial charge in [0, 0.05) is 12.1 Å². The van der Waals surface area contributed by atoms with Crippen LogP contribution in [-0.2, 0) is 10.9 Å².